The van der Waals surface area contributed by atoms with E-state index >= 15 is 0 Å². The molecule has 0 aliphatic carbocycles. The molecule has 0 aliphatic heterocycles. The molecule has 2 aromatic heterocycles. The van der Waals surface area contributed by atoms with Gasteiger partial charge >= 0.3 is 0 Å². The minimum absolute atomic E-state index is 0.0682. The maximum absolute atomic E-state index is 12.9. The van der Waals surface area contributed by atoms with E-state index in [2.05, 4.69) is 18.9 Å². The Balaban J connectivity index is 2.14. The number of hydrogen-bond donors (Lipinski definition) is 0. The molecule has 0 saturated carbocycles. The van der Waals surface area contributed by atoms with Crippen LogP contribution in [0.5, 0.6) is 0 Å². The van der Waals surface area contributed by atoms with Gasteiger partial charge in [0.05, 0.1) is 11.9 Å². The molecule has 0 unspecified atom stereocenters. The molecule has 0 atom stereocenters. The summed E-state index contributed by atoms with van der Waals surface area (Å²) in [6.07, 6.45) is 2.67. The summed E-state index contributed by atoms with van der Waals surface area (Å²) in [4.78, 5) is 17.6. The molecular weight excluding hydrogens is 308 g/mol. The number of fused-ring (bicyclic) bond motifs is 1. The van der Waals surface area contributed by atoms with E-state index in [1.165, 1.54) is 0 Å². The lowest BCUT2D eigenvalue weighted by Crippen LogP contribution is -2.21. The van der Waals surface area contributed by atoms with Crippen molar-refractivity contribution in [2.75, 3.05) is 5.75 Å². The van der Waals surface area contributed by atoms with E-state index in [0.717, 1.165) is 23.0 Å². The van der Waals surface area contributed by atoms with E-state index < -0.39 is 0 Å². The van der Waals surface area contributed by atoms with Crippen LogP contribution in [0.1, 0.15) is 20.3 Å². The maximum atomic E-state index is 12.9. The Morgan fingerprint density at radius 1 is 1.22 bits per heavy atom. The number of aromatic nitrogens is 4. The monoisotopic (exact) mass is 328 g/mol. The van der Waals surface area contributed by atoms with Crippen molar-refractivity contribution in [1.82, 2.24) is 19.3 Å². The third-order valence-corrected chi connectivity index (χ3v) is 4.65. The van der Waals surface area contributed by atoms with Gasteiger partial charge in [-0.25, -0.2) is 4.98 Å². The fraction of sp³-hybridized carbons (Fsp3) is 0.353. The molecule has 0 amide bonds. The van der Waals surface area contributed by atoms with Crippen molar-refractivity contribution in [2.45, 2.75) is 25.4 Å². The van der Waals surface area contributed by atoms with Gasteiger partial charge in [0.25, 0.3) is 5.56 Å². The Morgan fingerprint density at radius 2 is 1.96 bits per heavy atom. The normalized spacial score (nSPS) is 11.5. The second-order valence-electron chi connectivity index (χ2n) is 5.91. The first-order valence-corrected chi connectivity index (χ1v) is 8.69. The summed E-state index contributed by atoms with van der Waals surface area (Å²) in [6.45, 7) is 4.39. The average molecular weight is 328 g/mol. The Bertz CT molecular complexity index is 867. The van der Waals surface area contributed by atoms with E-state index in [1.54, 1.807) is 27.2 Å². The Hall–Kier alpha value is -2.08. The fourth-order valence-electron chi connectivity index (χ4n) is 2.35. The largest absolute Gasteiger partial charge is 0.269 e. The summed E-state index contributed by atoms with van der Waals surface area (Å²) in [7, 11) is 1.81. The van der Waals surface area contributed by atoms with Gasteiger partial charge < -0.3 is 0 Å². The molecule has 5 nitrogen and oxygen atoms in total. The minimum atomic E-state index is -0.0682. The predicted octanol–water partition coefficient (Wildman–Crippen LogP) is 3.26. The molecule has 3 aromatic rings. The topological polar surface area (TPSA) is 52.7 Å². The maximum Gasteiger partial charge on any atom is 0.269 e. The third kappa shape index (κ3) is 3.17. The lowest BCUT2D eigenvalue weighted by Gasteiger charge is -2.12. The summed E-state index contributed by atoms with van der Waals surface area (Å²) >= 11 is 1.62. The molecule has 0 saturated heterocycles. The van der Waals surface area contributed by atoms with Gasteiger partial charge in [-0.3, -0.25) is 14.0 Å². The smallest absolute Gasteiger partial charge is 0.268 e. The molecule has 6 heteroatoms. The van der Waals surface area contributed by atoms with E-state index in [4.69, 9.17) is 4.98 Å². The zero-order valence-corrected chi connectivity index (χ0v) is 14.4. The molecule has 1 aromatic carbocycles. The van der Waals surface area contributed by atoms with E-state index in [1.807, 2.05) is 37.4 Å². The van der Waals surface area contributed by atoms with Gasteiger partial charge in [-0.1, -0.05) is 43.8 Å². The Morgan fingerprint density at radius 3 is 2.65 bits per heavy atom. The van der Waals surface area contributed by atoms with Crippen LogP contribution in [0.3, 0.4) is 0 Å². The molecule has 120 valence electrons. The molecule has 2 heterocycles. The highest BCUT2D eigenvalue weighted by Crippen LogP contribution is 2.22. The molecule has 0 radical (unpaired) electrons. The highest BCUT2D eigenvalue weighted by Gasteiger charge is 2.15. The summed E-state index contributed by atoms with van der Waals surface area (Å²) < 4.78 is 3.34. The van der Waals surface area contributed by atoms with Gasteiger partial charge in [0.2, 0.25) is 0 Å². The van der Waals surface area contributed by atoms with Crippen LogP contribution in [0, 0.1) is 5.92 Å². The van der Waals surface area contributed by atoms with Crippen molar-refractivity contribution >= 4 is 22.8 Å². The highest BCUT2D eigenvalue weighted by atomic mass is 32.2. The van der Waals surface area contributed by atoms with Crippen molar-refractivity contribution in [3.05, 3.63) is 46.9 Å². The van der Waals surface area contributed by atoms with Crippen LogP contribution >= 0.6 is 11.8 Å². The van der Waals surface area contributed by atoms with E-state index in [-0.39, 0.29) is 5.56 Å². The standard InChI is InChI=1S/C17H20N4OS/c1-12(2)9-10-23-17-19-15-14(11-18-20(15)3)16(22)21(17)13-7-5-4-6-8-13/h4-8,11-12H,9-10H2,1-3H3. The second kappa shape index (κ2) is 6.58. The van der Waals surface area contributed by atoms with Crippen molar-refractivity contribution in [3.8, 4) is 5.69 Å². The zero-order valence-electron chi connectivity index (χ0n) is 13.6. The molecule has 0 bridgehead atoms. The van der Waals surface area contributed by atoms with E-state index in [9.17, 15) is 4.79 Å². The molecule has 0 fully saturated rings. The summed E-state index contributed by atoms with van der Waals surface area (Å²) in [5, 5.41) is 5.44. The molecule has 0 spiro atoms. The Kier molecular flexibility index (Phi) is 4.52. The minimum Gasteiger partial charge on any atom is -0.268 e. The Labute approximate surface area is 139 Å². The van der Waals surface area contributed by atoms with Crippen LogP contribution < -0.4 is 5.56 Å². The van der Waals surface area contributed by atoms with Gasteiger partial charge in [-0.2, -0.15) is 5.10 Å². The first-order chi connectivity index (χ1) is 11.1. The van der Waals surface area contributed by atoms with Crippen LogP contribution in [0.15, 0.2) is 46.5 Å². The number of hydrogen-bond acceptors (Lipinski definition) is 4. The molecule has 3 rings (SSSR count). The van der Waals surface area contributed by atoms with Crippen molar-refractivity contribution < 1.29 is 0 Å². The zero-order chi connectivity index (χ0) is 16.4. The number of para-hydroxylation sites is 1. The van der Waals surface area contributed by atoms with Gasteiger partial charge in [0, 0.05) is 12.8 Å². The van der Waals surface area contributed by atoms with Crippen molar-refractivity contribution in [1.29, 1.82) is 0 Å². The van der Waals surface area contributed by atoms with Gasteiger partial charge in [0.1, 0.15) is 5.39 Å². The lowest BCUT2D eigenvalue weighted by atomic mass is 10.2. The van der Waals surface area contributed by atoms with Crippen LogP contribution in [0.4, 0.5) is 0 Å². The van der Waals surface area contributed by atoms with Gasteiger partial charge in [0.15, 0.2) is 10.8 Å². The predicted molar refractivity (Wildman–Crippen MR) is 94.3 cm³/mol. The molecule has 0 aliphatic rings. The highest BCUT2D eigenvalue weighted by molar-refractivity contribution is 7.99. The number of nitrogens with zero attached hydrogens (tertiary/aromatic N) is 4. The van der Waals surface area contributed by atoms with E-state index in [0.29, 0.717) is 17.0 Å². The second-order valence-corrected chi connectivity index (χ2v) is 6.97. The first kappa shape index (κ1) is 15.8. The summed E-state index contributed by atoms with van der Waals surface area (Å²) in [5.41, 5.74) is 1.40. The van der Waals surface area contributed by atoms with Gasteiger partial charge in [-0.15, -0.1) is 0 Å². The van der Waals surface area contributed by atoms with Crippen LogP contribution in [-0.2, 0) is 7.05 Å². The number of rotatable bonds is 5. The third-order valence-electron chi connectivity index (χ3n) is 3.67. The lowest BCUT2D eigenvalue weighted by molar-refractivity contribution is 0.631. The van der Waals surface area contributed by atoms with Crippen molar-refractivity contribution in [2.24, 2.45) is 13.0 Å². The fourth-order valence-corrected chi connectivity index (χ4v) is 3.59. The SMILES string of the molecule is CC(C)CCSc1nc2c(cnn2C)c(=O)n1-c1ccccc1. The quantitative estimate of drug-likeness (QED) is 0.533. The average Bonchev–Trinajstić information content (AvgIpc) is 2.90. The van der Waals surface area contributed by atoms with Crippen LogP contribution in [0.25, 0.3) is 16.7 Å². The molecular formula is C17H20N4OS. The van der Waals surface area contributed by atoms with Crippen LogP contribution in [0.2, 0.25) is 0 Å². The summed E-state index contributed by atoms with van der Waals surface area (Å²) in [6, 6.07) is 9.65. The van der Waals surface area contributed by atoms with Crippen molar-refractivity contribution in [3.63, 3.8) is 0 Å². The number of benzene rings is 1. The van der Waals surface area contributed by atoms with Gasteiger partial charge in [-0.05, 0) is 24.5 Å². The number of thioether (sulfide) groups is 1. The first-order valence-electron chi connectivity index (χ1n) is 7.71. The number of aryl methyl sites for hydroxylation is 1. The molecule has 0 N–H and O–H groups in total. The molecule has 23 heavy (non-hydrogen) atoms. The van der Waals surface area contributed by atoms with Crippen LogP contribution in [-0.4, -0.2) is 25.1 Å². The summed E-state index contributed by atoms with van der Waals surface area (Å²) in [5.74, 6) is 1.56.